The average molecular weight is 630 g/mol. The van der Waals surface area contributed by atoms with Crippen LogP contribution in [0.2, 0.25) is 0 Å². The first-order valence-electron chi connectivity index (χ1n) is 12.2. The number of carbonyl (C=O) groups is 4. The number of esters is 2. The van der Waals surface area contributed by atoms with Crippen molar-refractivity contribution in [3.05, 3.63) is 81.9 Å². The molecular formula is C28H27BrN3O7S-. The smallest absolute Gasteiger partial charge is 0.338 e. The molecule has 2 aliphatic rings. The first-order chi connectivity index (χ1) is 18.8. The number of allylic oxidation sites excluding steroid dienone is 1. The number of ether oxygens (including phenoxy) is 3. The number of carbonyl (C=O) groups excluding carboxylic acids is 4. The number of amidine groups is 1. The minimum absolute atomic E-state index is 0. The standard InChI is InChI=1S/C28H27N3O7S.BrH/c1-5-37-26(34)17-10-12-19(13-11-17)30-25(33)21-15-22(32)31-24(18-8-7-9-20(14-18)36-4)23(27(35)38-6-2)16(3)29-28(31)39-21;/h7-15,24H,5-6H2,1-4H3,(H,30,33);1H/p-1. The molecule has 1 N–H and O–H groups in total. The number of anilines is 1. The molecule has 0 saturated heterocycles. The third-order valence-electron chi connectivity index (χ3n) is 5.87. The van der Waals surface area contributed by atoms with E-state index in [1.165, 1.54) is 30.2 Å². The highest BCUT2D eigenvalue weighted by Gasteiger charge is 2.42. The van der Waals surface area contributed by atoms with E-state index in [2.05, 4.69) is 10.3 Å². The Morgan fingerprint density at radius 3 is 2.35 bits per heavy atom. The average Bonchev–Trinajstić information content (AvgIpc) is 2.92. The zero-order valence-corrected chi connectivity index (χ0v) is 24.6. The molecule has 0 fully saturated rings. The lowest BCUT2D eigenvalue weighted by Crippen LogP contribution is -3.00. The van der Waals surface area contributed by atoms with Crippen LogP contribution >= 0.6 is 11.8 Å². The number of hydrogen-bond donors (Lipinski definition) is 1. The van der Waals surface area contributed by atoms with Gasteiger partial charge in [-0.25, -0.2) is 14.6 Å². The highest BCUT2D eigenvalue weighted by molar-refractivity contribution is 8.18. The maximum Gasteiger partial charge on any atom is 0.338 e. The van der Waals surface area contributed by atoms with E-state index in [1.54, 1.807) is 57.2 Å². The predicted molar refractivity (Wildman–Crippen MR) is 146 cm³/mol. The highest BCUT2D eigenvalue weighted by atomic mass is 79.9. The third-order valence-corrected chi connectivity index (χ3v) is 6.86. The van der Waals surface area contributed by atoms with Gasteiger partial charge >= 0.3 is 11.9 Å². The van der Waals surface area contributed by atoms with Gasteiger partial charge in [-0.05, 0) is 74.5 Å². The van der Waals surface area contributed by atoms with Gasteiger partial charge in [-0.15, -0.1) is 0 Å². The predicted octanol–water partition coefficient (Wildman–Crippen LogP) is 1.22. The first kappa shape index (κ1) is 30.6. The van der Waals surface area contributed by atoms with E-state index >= 15 is 0 Å². The zero-order chi connectivity index (χ0) is 28.1. The zero-order valence-electron chi connectivity index (χ0n) is 22.2. The SMILES string of the molecule is CCOC(=O)C1=C(C)N=C2SC(C(=O)Nc3ccc(C(=O)OCC)cc3)=CC(=O)N2C1c1cccc(OC)c1.[Br-]. The van der Waals surface area contributed by atoms with Crippen molar-refractivity contribution in [3.8, 4) is 5.75 Å². The lowest BCUT2D eigenvalue weighted by Gasteiger charge is -2.38. The molecule has 1 unspecified atom stereocenters. The minimum Gasteiger partial charge on any atom is -1.00 e. The molecule has 0 radical (unpaired) electrons. The molecule has 0 aliphatic carbocycles. The Morgan fingerprint density at radius 1 is 1.02 bits per heavy atom. The van der Waals surface area contributed by atoms with Crippen molar-refractivity contribution in [1.82, 2.24) is 4.90 Å². The molecular weight excluding hydrogens is 602 g/mol. The molecule has 210 valence electrons. The topological polar surface area (TPSA) is 124 Å². The maximum atomic E-state index is 13.5. The van der Waals surface area contributed by atoms with Crippen LogP contribution in [0, 0.1) is 0 Å². The monoisotopic (exact) mass is 628 g/mol. The van der Waals surface area contributed by atoms with Crippen molar-refractivity contribution in [1.29, 1.82) is 0 Å². The number of amides is 2. The van der Waals surface area contributed by atoms with Crippen molar-refractivity contribution >= 4 is 46.4 Å². The number of nitrogens with one attached hydrogen (secondary N) is 1. The minimum atomic E-state index is -0.831. The molecule has 40 heavy (non-hydrogen) atoms. The second-order valence-electron chi connectivity index (χ2n) is 8.36. The molecule has 2 heterocycles. The van der Waals surface area contributed by atoms with E-state index in [9.17, 15) is 19.2 Å². The van der Waals surface area contributed by atoms with Crippen LogP contribution in [0.1, 0.15) is 42.7 Å². The number of rotatable bonds is 8. The number of fused-ring (bicyclic) bond motifs is 1. The number of hydrogen-bond acceptors (Lipinski definition) is 9. The Hall–Kier alpha value is -3.90. The van der Waals surface area contributed by atoms with Crippen LogP contribution in [0.5, 0.6) is 5.75 Å². The maximum absolute atomic E-state index is 13.5. The molecule has 2 aromatic rings. The largest absolute Gasteiger partial charge is 1.00 e. The molecule has 10 nitrogen and oxygen atoms in total. The summed E-state index contributed by atoms with van der Waals surface area (Å²) in [6, 6.07) is 12.4. The molecule has 2 aliphatic heterocycles. The Morgan fingerprint density at radius 2 is 1.70 bits per heavy atom. The molecule has 2 amide bonds. The molecule has 12 heteroatoms. The molecule has 0 spiro atoms. The van der Waals surface area contributed by atoms with E-state index in [-0.39, 0.29) is 45.8 Å². The Balaban J connectivity index is 0.00000441. The van der Waals surface area contributed by atoms with Crippen molar-refractivity contribution in [2.24, 2.45) is 4.99 Å². The number of aliphatic imine (C=N–C) groups is 1. The quantitative estimate of drug-likeness (QED) is 0.433. The van der Waals surface area contributed by atoms with E-state index in [1.807, 2.05) is 0 Å². The van der Waals surface area contributed by atoms with E-state index < -0.39 is 29.8 Å². The van der Waals surface area contributed by atoms with E-state index in [0.29, 0.717) is 28.3 Å². The number of nitrogens with zero attached hydrogens (tertiary/aromatic N) is 2. The van der Waals surface area contributed by atoms with Crippen LogP contribution in [-0.4, -0.2) is 54.1 Å². The molecule has 0 saturated carbocycles. The van der Waals surface area contributed by atoms with Crippen LogP contribution in [0.4, 0.5) is 5.69 Å². The summed E-state index contributed by atoms with van der Waals surface area (Å²) >= 11 is 1.01. The Bertz CT molecular complexity index is 1420. The van der Waals surface area contributed by atoms with Gasteiger partial charge in [0.1, 0.15) is 5.75 Å². The van der Waals surface area contributed by atoms with Crippen LogP contribution in [0.3, 0.4) is 0 Å². The summed E-state index contributed by atoms with van der Waals surface area (Å²) in [6.07, 6.45) is 1.21. The summed E-state index contributed by atoms with van der Waals surface area (Å²) in [5.74, 6) is -1.52. The third kappa shape index (κ3) is 6.45. The van der Waals surface area contributed by atoms with E-state index in [0.717, 1.165) is 11.8 Å². The van der Waals surface area contributed by atoms with Crippen molar-refractivity contribution in [2.75, 3.05) is 25.6 Å². The van der Waals surface area contributed by atoms with Gasteiger partial charge in [0.25, 0.3) is 11.8 Å². The number of thioether (sulfide) groups is 1. The van der Waals surface area contributed by atoms with Crippen LogP contribution < -0.4 is 27.0 Å². The van der Waals surface area contributed by atoms with Gasteiger partial charge in [0, 0.05) is 11.8 Å². The fourth-order valence-electron chi connectivity index (χ4n) is 4.10. The highest BCUT2D eigenvalue weighted by Crippen LogP contribution is 2.42. The first-order valence-corrected chi connectivity index (χ1v) is 13.0. The summed E-state index contributed by atoms with van der Waals surface area (Å²) in [4.78, 5) is 57.4. The molecule has 2 aromatic carbocycles. The summed E-state index contributed by atoms with van der Waals surface area (Å²) in [5, 5.41) is 2.98. The normalized spacial score (nSPS) is 16.1. The number of methoxy groups -OCH3 is 1. The van der Waals surface area contributed by atoms with E-state index in [4.69, 9.17) is 14.2 Å². The Kier molecular flexibility index (Phi) is 10.3. The second-order valence-corrected chi connectivity index (χ2v) is 9.37. The summed E-state index contributed by atoms with van der Waals surface area (Å²) in [5.41, 5.74) is 2.02. The van der Waals surface area contributed by atoms with Crippen molar-refractivity contribution in [2.45, 2.75) is 26.8 Å². The summed E-state index contributed by atoms with van der Waals surface area (Å²) in [6.45, 7) is 5.50. The van der Waals surface area contributed by atoms with Crippen LogP contribution in [-0.2, 0) is 23.9 Å². The fraction of sp³-hybridized carbons (Fsp3) is 0.250. The van der Waals surface area contributed by atoms with Gasteiger partial charge in [-0.3, -0.25) is 14.5 Å². The molecule has 0 bridgehead atoms. The molecule has 4 rings (SSSR count). The van der Waals surface area contributed by atoms with Gasteiger partial charge in [0.2, 0.25) is 0 Å². The van der Waals surface area contributed by atoms with Crippen LogP contribution in [0.25, 0.3) is 0 Å². The lowest BCUT2D eigenvalue weighted by molar-refractivity contribution is -0.139. The van der Waals surface area contributed by atoms with Gasteiger partial charge in [0.05, 0.1) is 48.1 Å². The second kappa shape index (κ2) is 13.4. The number of benzene rings is 2. The fourth-order valence-corrected chi connectivity index (χ4v) is 5.08. The summed E-state index contributed by atoms with van der Waals surface area (Å²) in [7, 11) is 1.53. The summed E-state index contributed by atoms with van der Waals surface area (Å²) < 4.78 is 15.6. The number of halogens is 1. The van der Waals surface area contributed by atoms with Crippen molar-refractivity contribution in [3.63, 3.8) is 0 Å². The van der Waals surface area contributed by atoms with Crippen molar-refractivity contribution < 1.29 is 50.4 Å². The van der Waals surface area contributed by atoms with Gasteiger partial charge in [0.15, 0.2) is 5.17 Å². The van der Waals surface area contributed by atoms with Gasteiger partial charge < -0.3 is 36.5 Å². The molecule has 1 atom stereocenters. The Labute approximate surface area is 246 Å². The van der Waals surface area contributed by atoms with Gasteiger partial charge in [-0.2, -0.15) is 0 Å². The lowest BCUT2D eigenvalue weighted by atomic mass is 9.94. The van der Waals surface area contributed by atoms with Crippen LogP contribution in [0.15, 0.2) is 75.8 Å². The molecule has 0 aromatic heterocycles. The van der Waals surface area contributed by atoms with Gasteiger partial charge in [-0.1, -0.05) is 12.1 Å².